The predicted octanol–water partition coefficient (Wildman–Crippen LogP) is 2.21. The minimum absolute atomic E-state index is 0.116. The molecular weight excluding hydrogens is 350 g/mol. The third-order valence-corrected chi connectivity index (χ3v) is 4.16. The van der Waals surface area contributed by atoms with E-state index < -0.39 is 12.1 Å². The van der Waals surface area contributed by atoms with Crippen molar-refractivity contribution in [1.82, 2.24) is 5.32 Å². The van der Waals surface area contributed by atoms with Gasteiger partial charge in [-0.1, -0.05) is 12.8 Å². The molecule has 1 aliphatic carbocycles. The Morgan fingerprint density at radius 1 is 0.963 bits per heavy atom. The fourth-order valence-electron chi connectivity index (χ4n) is 2.97. The van der Waals surface area contributed by atoms with Crippen molar-refractivity contribution >= 4 is 35.1 Å². The fourth-order valence-corrected chi connectivity index (χ4v) is 2.97. The summed E-state index contributed by atoms with van der Waals surface area (Å²) in [5, 5.41) is 8.00. The SMILES string of the molecule is CC(=O)Nc1cc(NC(C)=O)cc(C(=O)OC(C)C(=O)NC2CCCC2)c1. The number of amides is 3. The molecule has 0 aliphatic heterocycles. The van der Waals surface area contributed by atoms with Gasteiger partial charge in [0.05, 0.1) is 5.56 Å². The Balaban J connectivity index is 2.09. The Labute approximate surface area is 158 Å². The van der Waals surface area contributed by atoms with Gasteiger partial charge in [-0.05, 0) is 38.0 Å². The highest BCUT2D eigenvalue weighted by Gasteiger charge is 2.24. The molecule has 0 radical (unpaired) electrons. The average molecular weight is 375 g/mol. The molecule has 8 nitrogen and oxygen atoms in total. The predicted molar refractivity (Wildman–Crippen MR) is 100 cm³/mol. The summed E-state index contributed by atoms with van der Waals surface area (Å²) in [4.78, 5) is 47.2. The van der Waals surface area contributed by atoms with E-state index in [2.05, 4.69) is 16.0 Å². The van der Waals surface area contributed by atoms with Crippen molar-refractivity contribution in [1.29, 1.82) is 0 Å². The van der Waals surface area contributed by atoms with Gasteiger partial charge in [-0.25, -0.2) is 4.79 Å². The van der Waals surface area contributed by atoms with E-state index in [4.69, 9.17) is 4.74 Å². The van der Waals surface area contributed by atoms with E-state index in [1.807, 2.05) is 0 Å². The zero-order valence-electron chi connectivity index (χ0n) is 15.8. The van der Waals surface area contributed by atoms with E-state index in [1.54, 1.807) is 0 Å². The number of carbonyl (C=O) groups is 4. The van der Waals surface area contributed by atoms with Crippen molar-refractivity contribution in [2.45, 2.75) is 58.6 Å². The Morgan fingerprint density at radius 2 is 1.48 bits per heavy atom. The summed E-state index contributed by atoms with van der Waals surface area (Å²) >= 11 is 0. The number of ether oxygens (including phenoxy) is 1. The van der Waals surface area contributed by atoms with E-state index in [0.29, 0.717) is 11.4 Å². The molecule has 0 aromatic heterocycles. The summed E-state index contributed by atoms with van der Waals surface area (Å²) in [5.74, 6) is -1.70. The maximum atomic E-state index is 12.4. The van der Waals surface area contributed by atoms with Crippen LogP contribution in [0.5, 0.6) is 0 Å². The zero-order valence-corrected chi connectivity index (χ0v) is 15.8. The molecule has 8 heteroatoms. The Hall–Kier alpha value is -2.90. The molecule has 1 saturated carbocycles. The standard InChI is InChI=1S/C19H25N3O5/c1-11(18(25)22-15-6-4-5-7-15)27-19(26)14-8-16(20-12(2)23)10-17(9-14)21-13(3)24/h8-11,15H,4-7H2,1-3H3,(H,20,23)(H,21,24)(H,22,25). The number of carbonyl (C=O) groups excluding carboxylic acids is 4. The lowest BCUT2D eigenvalue weighted by molar-refractivity contribution is -0.129. The van der Waals surface area contributed by atoms with Crippen LogP contribution in [0.3, 0.4) is 0 Å². The highest BCUT2D eigenvalue weighted by molar-refractivity contribution is 5.98. The topological polar surface area (TPSA) is 114 Å². The first-order valence-corrected chi connectivity index (χ1v) is 8.96. The van der Waals surface area contributed by atoms with Crippen LogP contribution in [0.25, 0.3) is 0 Å². The highest BCUT2D eigenvalue weighted by Crippen LogP contribution is 2.21. The molecule has 1 aromatic rings. The third kappa shape index (κ3) is 6.40. The fraction of sp³-hybridized carbons (Fsp3) is 0.474. The zero-order chi connectivity index (χ0) is 20.0. The van der Waals surface area contributed by atoms with Crippen LogP contribution in [0.4, 0.5) is 11.4 Å². The molecular formula is C19H25N3O5. The van der Waals surface area contributed by atoms with Crippen LogP contribution in [0.2, 0.25) is 0 Å². The lowest BCUT2D eigenvalue weighted by atomic mass is 10.1. The first-order chi connectivity index (χ1) is 12.7. The van der Waals surface area contributed by atoms with E-state index in [9.17, 15) is 19.2 Å². The molecule has 2 rings (SSSR count). The Kier molecular flexibility index (Phi) is 6.92. The quantitative estimate of drug-likeness (QED) is 0.660. The second-order valence-corrected chi connectivity index (χ2v) is 6.70. The van der Waals surface area contributed by atoms with Gasteiger partial charge in [0, 0.05) is 31.3 Å². The van der Waals surface area contributed by atoms with Crippen LogP contribution in [0.15, 0.2) is 18.2 Å². The van der Waals surface area contributed by atoms with Gasteiger partial charge in [0.15, 0.2) is 6.10 Å². The summed E-state index contributed by atoms with van der Waals surface area (Å²) in [7, 11) is 0. The van der Waals surface area contributed by atoms with Crippen molar-refractivity contribution in [3.8, 4) is 0 Å². The molecule has 0 heterocycles. The maximum absolute atomic E-state index is 12.4. The number of nitrogens with one attached hydrogen (secondary N) is 3. The van der Waals surface area contributed by atoms with Gasteiger partial charge in [0.25, 0.3) is 5.91 Å². The van der Waals surface area contributed by atoms with Crippen LogP contribution in [-0.4, -0.2) is 35.8 Å². The lowest BCUT2D eigenvalue weighted by Gasteiger charge is -2.17. The molecule has 3 amide bonds. The van der Waals surface area contributed by atoms with Gasteiger partial charge in [0.1, 0.15) is 0 Å². The number of hydrogen-bond acceptors (Lipinski definition) is 5. The van der Waals surface area contributed by atoms with Crippen molar-refractivity contribution < 1.29 is 23.9 Å². The first kappa shape index (κ1) is 20.4. The minimum atomic E-state index is -0.952. The normalized spacial score (nSPS) is 14.9. The summed E-state index contributed by atoms with van der Waals surface area (Å²) < 4.78 is 5.25. The maximum Gasteiger partial charge on any atom is 0.339 e. The molecule has 1 fully saturated rings. The van der Waals surface area contributed by atoms with E-state index in [0.717, 1.165) is 25.7 Å². The summed E-state index contributed by atoms with van der Waals surface area (Å²) in [6.07, 6.45) is 3.09. The van der Waals surface area contributed by atoms with E-state index in [-0.39, 0.29) is 29.3 Å². The lowest BCUT2D eigenvalue weighted by Crippen LogP contribution is -2.40. The molecule has 0 saturated heterocycles. The van der Waals surface area contributed by atoms with Gasteiger partial charge >= 0.3 is 5.97 Å². The third-order valence-electron chi connectivity index (χ3n) is 4.16. The molecule has 0 spiro atoms. The van der Waals surface area contributed by atoms with Crippen molar-refractivity contribution in [3.05, 3.63) is 23.8 Å². The summed E-state index contributed by atoms with van der Waals surface area (Å²) in [5.41, 5.74) is 0.790. The number of rotatable bonds is 6. The minimum Gasteiger partial charge on any atom is -0.449 e. The number of esters is 1. The van der Waals surface area contributed by atoms with Gasteiger partial charge in [-0.2, -0.15) is 0 Å². The molecule has 0 bridgehead atoms. The molecule has 27 heavy (non-hydrogen) atoms. The largest absolute Gasteiger partial charge is 0.449 e. The number of anilines is 2. The van der Waals surface area contributed by atoms with Gasteiger partial charge in [-0.3, -0.25) is 14.4 Å². The monoisotopic (exact) mass is 375 g/mol. The van der Waals surface area contributed by atoms with Crippen molar-refractivity contribution in [2.75, 3.05) is 10.6 Å². The second kappa shape index (κ2) is 9.16. The number of hydrogen-bond donors (Lipinski definition) is 3. The van der Waals surface area contributed by atoms with Gasteiger partial charge in [0.2, 0.25) is 11.8 Å². The second-order valence-electron chi connectivity index (χ2n) is 6.70. The van der Waals surface area contributed by atoms with Crippen LogP contribution in [0, 0.1) is 0 Å². The Bertz CT molecular complexity index is 707. The molecule has 1 atom stereocenters. The molecule has 3 N–H and O–H groups in total. The summed E-state index contributed by atoms with van der Waals surface area (Å²) in [6.45, 7) is 4.17. The van der Waals surface area contributed by atoms with E-state index >= 15 is 0 Å². The highest BCUT2D eigenvalue weighted by atomic mass is 16.5. The van der Waals surface area contributed by atoms with E-state index in [1.165, 1.54) is 39.0 Å². The van der Waals surface area contributed by atoms with Gasteiger partial charge < -0.3 is 20.7 Å². The molecule has 1 aliphatic rings. The van der Waals surface area contributed by atoms with Gasteiger partial charge in [-0.15, -0.1) is 0 Å². The smallest absolute Gasteiger partial charge is 0.339 e. The molecule has 1 unspecified atom stereocenters. The van der Waals surface area contributed by atoms with Crippen LogP contribution in [-0.2, 0) is 19.1 Å². The van der Waals surface area contributed by atoms with Crippen molar-refractivity contribution in [2.24, 2.45) is 0 Å². The number of benzene rings is 1. The average Bonchev–Trinajstić information content (AvgIpc) is 3.06. The van der Waals surface area contributed by atoms with Crippen LogP contribution < -0.4 is 16.0 Å². The molecule has 146 valence electrons. The Morgan fingerprint density at radius 3 is 1.96 bits per heavy atom. The first-order valence-electron chi connectivity index (χ1n) is 8.96. The van der Waals surface area contributed by atoms with Crippen LogP contribution >= 0.6 is 0 Å². The summed E-state index contributed by atoms with van der Waals surface area (Å²) in [6, 6.07) is 4.51. The molecule has 1 aromatic carbocycles. The van der Waals surface area contributed by atoms with Crippen molar-refractivity contribution in [3.63, 3.8) is 0 Å². The van der Waals surface area contributed by atoms with Crippen LogP contribution in [0.1, 0.15) is 56.8 Å².